The number of nitrogens with zero attached hydrogens (tertiary/aromatic N) is 1. The van der Waals surface area contributed by atoms with Crippen molar-refractivity contribution in [3.8, 4) is 17.2 Å². The zero-order valence-electron chi connectivity index (χ0n) is 16.4. The molecule has 1 unspecified atom stereocenters. The molecule has 0 saturated carbocycles. The second-order valence-corrected chi connectivity index (χ2v) is 7.19. The summed E-state index contributed by atoms with van der Waals surface area (Å²) in [6.45, 7) is 1.06. The van der Waals surface area contributed by atoms with Gasteiger partial charge in [0.1, 0.15) is 5.75 Å². The molecule has 4 rings (SSSR count). The van der Waals surface area contributed by atoms with Crippen LogP contribution in [0.2, 0.25) is 0 Å². The van der Waals surface area contributed by atoms with Crippen molar-refractivity contribution in [2.45, 2.75) is 25.3 Å². The van der Waals surface area contributed by atoms with Crippen molar-refractivity contribution >= 4 is 11.9 Å². The summed E-state index contributed by atoms with van der Waals surface area (Å²) in [6.07, 6.45) is 1.21. The second-order valence-electron chi connectivity index (χ2n) is 7.19. The lowest BCUT2D eigenvalue weighted by Gasteiger charge is -2.37. The van der Waals surface area contributed by atoms with Gasteiger partial charge >= 0.3 is 5.97 Å². The summed E-state index contributed by atoms with van der Waals surface area (Å²) in [5.41, 5.74) is 3.32. The molecule has 2 heterocycles. The highest BCUT2D eigenvalue weighted by molar-refractivity contribution is 5.95. The minimum atomic E-state index is -0.960. The van der Waals surface area contributed by atoms with E-state index in [2.05, 4.69) is 0 Å². The summed E-state index contributed by atoms with van der Waals surface area (Å²) in [5, 5.41) is 9.51. The maximum absolute atomic E-state index is 13.3. The summed E-state index contributed by atoms with van der Waals surface area (Å²) < 4.78 is 16.3. The zero-order chi connectivity index (χ0) is 20.5. The summed E-state index contributed by atoms with van der Waals surface area (Å²) in [7, 11) is 3.10. The molecule has 1 atom stereocenters. The first kappa shape index (κ1) is 19.1. The fourth-order valence-electron chi connectivity index (χ4n) is 4.14. The minimum absolute atomic E-state index is 0.175. The van der Waals surface area contributed by atoms with Crippen LogP contribution in [0.25, 0.3) is 0 Å². The summed E-state index contributed by atoms with van der Waals surface area (Å²) in [4.78, 5) is 26.6. The van der Waals surface area contributed by atoms with Crippen molar-refractivity contribution < 1.29 is 28.9 Å². The molecule has 0 radical (unpaired) electrons. The van der Waals surface area contributed by atoms with E-state index in [9.17, 15) is 14.7 Å². The van der Waals surface area contributed by atoms with Crippen molar-refractivity contribution in [1.29, 1.82) is 0 Å². The molecule has 1 amide bonds. The average molecular weight is 397 g/mol. The molecule has 0 spiro atoms. The maximum Gasteiger partial charge on any atom is 0.305 e. The number of hydrogen-bond acceptors (Lipinski definition) is 5. The highest BCUT2D eigenvalue weighted by Gasteiger charge is 2.34. The lowest BCUT2D eigenvalue weighted by Crippen LogP contribution is -2.41. The molecule has 0 aliphatic carbocycles. The Hall–Kier alpha value is -3.22. The van der Waals surface area contributed by atoms with Crippen molar-refractivity contribution in [3.63, 3.8) is 0 Å². The molecule has 0 aromatic heterocycles. The zero-order valence-corrected chi connectivity index (χ0v) is 16.4. The first-order chi connectivity index (χ1) is 14.0. The quantitative estimate of drug-likeness (QED) is 0.835. The number of fused-ring (bicyclic) bond motifs is 2. The van der Waals surface area contributed by atoms with E-state index < -0.39 is 12.0 Å². The molecule has 7 heteroatoms. The van der Waals surface area contributed by atoms with Crippen molar-refractivity contribution in [3.05, 3.63) is 52.6 Å². The van der Waals surface area contributed by atoms with Gasteiger partial charge in [0.25, 0.3) is 5.91 Å². The third-order valence-electron chi connectivity index (χ3n) is 5.57. The monoisotopic (exact) mass is 397 g/mol. The fraction of sp³-hybridized carbons (Fsp3) is 0.364. The molecule has 29 heavy (non-hydrogen) atoms. The Morgan fingerprint density at radius 3 is 2.59 bits per heavy atom. The van der Waals surface area contributed by atoms with Crippen LogP contribution in [0.3, 0.4) is 0 Å². The predicted octanol–water partition coefficient (Wildman–Crippen LogP) is 2.85. The van der Waals surface area contributed by atoms with Gasteiger partial charge in [-0.15, -0.1) is 0 Å². The van der Waals surface area contributed by atoms with E-state index in [0.29, 0.717) is 36.6 Å². The second kappa shape index (κ2) is 7.66. The molecular formula is C22H23NO6. The molecule has 0 bridgehead atoms. The molecule has 0 fully saturated rings. The smallest absolute Gasteiger partial charge is 0.305 e. The van der Waals surface area contributed by atoms with E-state index in [1.165, 1.54) is 7.11 Å². The summed E-state index contributed by atoms with van der Waals surface area (Å²) >= 11 is 0. The standard InChI is InChI=1S/C22H23NO6/c1-27-19-10-13-5-7-23(17(12-21(24)25)16(13)11-20(19)28-2)22(26)15-3-4-18-14(9-15)6-8-29-18/h3-4,9-11,17H,5-8,12H2,1-2H3,(H,24,25). The van der Waals surface area contributed by atoms with Crippen LogP contribution in [0.1, 0.15) is 39.5 Å². The first-order valence-corrected chi connectivity index (χ1v) is 9.55. The lowest BCUT2D eigenvalue weighted by molar-refractivity contribution is -0.138. The van der Waals surface area contributed by atoms with Gasteiger partial charge in [-0.3, -0.25) is 9.59 Å². The molecule has 2 aromatic rings. The Labute approximate surface area is 168 Å². The molecule has 2 aliphatic heterocycles. The Kier molecular flexibility index (Phi) is 5.05. The van der Waals surface area contributed by atoms with Gasteiger partial charge in [0.2, 0.25) is 0 Å². The van der Waals surface area contributed by atoms with Crippen LogP contribution < -0.4 is 14.2 Å². The molecule has 2 aromatic carbocycles. The molecule has 2 aliphatic rings. The van der Waals surface area contributed by atoms with E-state index >= 15 is 0 Å². The van der Waals surface area contributed by atoms with Gasteiger partial charge in [-0.25, -0.2) is 0 Å². The van der Waals surface area contributed by atoms with E-state index in [1.807, 2.05) is 18.2 Å². The number of rotatable bonds is 5. The number of methoxy groups -OCH3 is 2. The van der Waals surface area contributed by atoms with Gasteiger partial charge in [-0.1, -0.05) is 0 Å². The van der Waals surface area contributed by atoms with Crippen LogP contribution in [0.15, 0.2) is 30.3 Å². The van der Waals surface area contributed by atoms with Gasteiger partial charge in [-0.05, 0) is 53.4 Å². The number of aliphatic carboxylic acids is 1. The lowest BCUT2D eigenvalue weighted by atomic mass is 9.89. The van der Waals surface area contributed by atoms with Crippen LogP contribution in [-0.4, -0.2) is 49.3 Å². The third kappa shape index (κ3) is 3.48. The van der Waals surface area contributed by atoms with Gasteiger partial charge in [0.15, 0.2) is 11.5 Å². The van der Waals surface area contributed by atoms with Crippen molar-refractivity contribution in [2.75, 3.05) is 27.4 Å². The van der Waals surface area contributed by atoms with E-state index in [4.69, 9.17) is 14.2 Å². The number of carboxylic acids is 1. The highest BCUT2D eigenvalue weighted by Crippen LogP contribution is 2.40. The van der Waals surface area contributed by atoms with Crippen molar-refractivity contribution in [1.82, 2.24) is 4.90 Å². The maximum atomic E-state index is 13.3. The number of hydrogen-bond donors (Lipinski definition) is 1. The van der Waals surface area contributed by atoms with Gasteiger partial charge in [0, 0.05) is 18.5 Å². The summed E-state index contributed by atoms with van der Waals surface area (Å²) in [5.74, 6) is 0.790. The number of ether oxygens (including phenoxy) is 3. The van der Waals surface area contributed by atoms with Crippen LogP contribution in [-0.2, 0) is 17.6 Å². The van der Waals surface area contributed by atoms with Crippen LogP contribution in [0, 0.1) is 0 Å². The average Bonchev–Trinajstić information content (AvgIpc) is 3.20. The Morgan fingerprint density at radius 1 is 1.10 bits per heavy atom. The fourth-order valence-corrected chi connectivity index (χ4v) is 4.14. The minimum Gasteiger partial charge on any atom is -0.493 e. The van der Waals surface area contributed by atoms with Gasteiger partial charge < -0.3 is 24.2 Å². The van der Waals surface area contributed by atoms with E-state index in [1.54, 1.807) is 24.1 Å². The number of amides is 1. The van der Waals surface area contributed by atoms with Crippen LogP contribution in [0.4, 0.5) is 0 Å². The van der Waals surface area contributed by atoms with Crippen LogP contribution >= 0.6 is 0 Å². The largest absolute Gasteiger partial charge is 0.493 e. The molecule has 152 valence electrons. The number of carboxylic acid groups (broad SMARTS) is 1. The van der Waals surface area contributed by atoms with Crippen LogP contribution in [0.5, 0.6) is 17.2 Å². The molecule has 1 N–H and O–H groups in total. The predicted molar refractivity (Wildman–Crippen MR) is 105 cm³/mol. The van der Waals surface area contributed by atoms with Gasteiger partial charge in [0.05, 0.1) is 33.3 Å². The first-order valence-electron chi connectivity index (χ1n) is 9.55. The van der Waals surface area contributed by atoms with Gasteiger partial charge in [-0.2, -0.15) is 0 Å². The number of carbonyl (C=O) groups excluding carboxylic acids is 1. The normalized spacial score (nSPS) is 17.2. The SMILES string of the molecule is COc1cc2c(cc1OC)C(CC(=O)O)N(C(=O)c1ccc3c(c1)CCO3)CC2. The van der Waals surface area contributed by atoms with E-state index in [-0.39, 0.29) is 12.3 Å². The third-order valence-corrected chi connectivity index (χ3v) is 5.57. The topological polar surface area (TPSA) is 85.3 Å². The number of benzene rings is 2. The molecule has 0 saturated heterocycles. The Balaban J connectivity index is 1.72. The highest BCUT2D eigenvalue weighted by atomic mass is 16.5. The molecular weight excluding hydrogens is 374 g/mol. The Morgan fingerprint density at radius 2 is 1.86 bits per heavy atom. The summed E-state index contributed by atoms with van der Waals surface area (Å²) in [6, 6.07) is 8.50. The number of carbonyl (C=O) groups is 2. The van der Waals surface area contributed by atoms with Crippen molar-refractivity contribution in [2.24, 2.45) is 0 Å². The van der Waals surface area contributed by atoms with E-state index in [0.717, 1.165) is 28.9 Å². The molecule has 7 nitrogen and oxygen atoms in total. The Bertz CT molecular complexity index is 970.